The molecule has 0 atom stereocenters. The second-order valence-corrected chi connectivity index (χ2v) is 5.98. The quantitative estimate of drug-likeness (QED) is 0.544. The van der Waals surface area contributed by atoms with Gasteiger partial charge in [0.15, 0.2) is 17.8 Å². The fourth-order valence-electron chi connectivity index (χ4n) is 2.85. The Hall–Kier alpha value is -2.97. The van der Waals surface area contributed by atoms with Crippen LogP contribution in [0.2, 0.25) is 0 Å². The SMILES string of the molecule is CCOC(CCNC(=O)c1nnn(-c2ccccc2)c1-n1cccc1)OCC. The molecule has 8 heteroatoms. The predicted octanol–water partition coefficient (Wildman–Crippen LogP) is 2.58. The van der Waals surface area contributed by atoms with Crippen LogP contribution < -0.4 is 5.32 Å². The van der Waals surface area contributed by atoms with Crippen LogP contribution in [0.25, 0.3) is 11.5 Å². The van der Waals surface area contributed by atoms with E-state index in [9.17, 15) is 4.79 Å². The minimum atomic E-state index is -0.334. The third-order valence-corrected chi connectivity index (χ3v) is 4.08. The van der Waals surface area contributed by atoms with Crippen molar-refractivity contribution in [1.82, 2.24) is 24.9 Å². The first-order valence-corrected chi connectivity index (χ1v) is 9.40. The predicted molar refractivity (Wildman–Crippen MR) is 105 cm³/mol. The molecule has 8 nitrogen and oxygen atoms in total. The molecule has 3 aromatic rings. The summed E-state index contributed by atoms with van der Waals surface area (Å²) in [5.41, 5.74) is 1.08. The molecule has 0 bridgehead atoms. The molecule has 3 rings (SSSR count). The first-order chi connectivity index (χ1) is 13.7. The summed E-state index contributed by atoms with van der Waals surface area (Å²) in [6.45, 7) is 5.35. The maximum absolute atomic E-state index is 12.8. The Kier molecular flexibility index (Phi) is 6.94. The van der Waals surface area contributed by atoms with Crippen molar-refractivity contribution >= 4 is 5.91 Å². The number of carbonyl (C=O) groups excluding carboxylic acids is 1. The third-order valence-electron chi connectivity index (χ3n) is 4.08. The van der Waals surface area contributed by atoms with Crippen LogP contribution in [0.4, 0.5) is 0 Å². The number of carbonyl (C=O) groups is 1. The lowest BCUT2D eigenvalue weighted by atomic mass is 10.3. The van der Waals surface area contributed by atoms with Crippen LogP contribution in [0.1, 0.15) is 30.8 Å². The molecule has 2 heterocycles. The van der Waals surface area contributed by atoms with Gasteiger partial charge in [0.2, 0.25) is 0 Å². The lowest BCUT2D eigenvalue weighted by Crippen LogP contribution is -2.30. The Morgan fingerprint density at radius 3 is 2.39 bits per heavy atom. The molecule has 0 spiro atoms. The van der Waals surface area contributed by atoms with E-state index in [-0.39, 0.29) is 17.9 Å². The Bertz CT molecular complexity index is 855. The number of nitrogens with one attached hydrogen (secondary N) is 1. The summed E-state index contributed by atoms with van der Waals surface area (Å²) in [4.78, 5) is 12.8. The average molecular weight is 383 g/mol. The Balaban J connectivity index is 1.78. The number of rotatable bonds is 10. The highest BCUT2D eigenvalue weighted by atomic mass is 16.7. The zero-order valence-corrected chi connectivity index (χ0v) is 16.1. The number of hydrogen-bond acceptors (Lipinski definition) is 5. The molecule has 1 N–H and O–H groups in total. The fraction of sp³-hybridized carbons (Fsp3) is 0.350. The van der Waals surface area contributed by atoms with Gasteiger partial charge in [-0.2, -0.15) is 4.68 Å². The van der Waals surface area contributed by atoms with Gasteiger partial charge < -0.3 is 19.4 Å². The number of hydrogen-bond donors (Lipinski definition) is 1. The highest BCUT2D eigenvalue weighted by molar-refractivity contribution is 5.95. The summed E-state index contributed by atoms with van der Waals surface area (Å²) < 4.78 is 14.5. The number of para-hydroxylation sites is 1. The molecule has 28 heavy (non-hydrogen) atoms. The van der Waals surface area contributed by atoms with Crippen molar-refractivity contribution in [2.45, 2.75) is 26.6 Å². The number of aromatic nitrogens is 4. The second kappa shape index (κ2) is 9.82. The molecular formula is C20H25N5O3. The second-order valence-electron chi connectivity index (χ2n) is 5.98. The van der Waals surface area contributed by atoms with E-state index in [0.717, 1.165) is 5.69 Å². The van der Waals surface area contributed by atoms with Gasteiger partial charge in [-0.1, -0.05) is 23.4 Å². The molecule has 148 valence electrons. The van der Waals surface area contributed by atoms with Gasteiger partial charge in [0.05, 0.1) is 5.69 Å². The van der Waals surface area contributed by atoms with Crippen LogP contribution in [0.3, 0.4) is 0 Å². The molecule has 0 radical (unpaired) electrons. The van der Waals surface area contributed by atoms with Gasteiger partial charge >= 0.3 is 0 Å². The standard InChI is InChI=1S/C20H25N5O3/c1-3-27-17(28-4-2)12-13-21-19(26)18-20(24-14-8-9-15-24)25(23-22-18)16-10-6-5-7-11-16/h5-11,14-15,17H,3-4,12-13H2,1-2H3,(H,21,26). The number of amides is 1. The van der Waals surface area contributed by atoms with E-state index in [2.05, 4.69) is 15.6 Å². The summed E-state index contributed by atoms with van der Waals surface area (Å²) in [5, 5.41) is 11.2. The van der Waals surface area contributed by atoms with Gasteiger partial charge in [-0.3, -0.25) is 4.79 Å². The van der Waals surface area contributed by atoms with Crippen LogP contribution in [0, 0.1) is 0 Å². The molecule has 0 fully saturated rings. The average Bonchev–Trinajstić information content (AvgIpc) is 3.38. The minimum absolute atomic E-state index is 0.254. The molecule has 0 saturated heterocycles. The maximum atomic E-state index is 12.8. The molecule has 0 saturated carbocycles. The van der Waals surface area contributed by atoms with Crippen molar-refractivity contribution in [3.63, 3.8) is 0 Å². The lowest BCUT2D eigenvalue weighted by molar-refractivity contribution is -0.138. The van der Waals surface area contributed by atoms with Crippen LogP contribution in [-0.4, -0.2) is 51.5 Å². The number of nitrogens with zero attached hydrogens (tertiary/aromatic N) is 4. The third kappa shape index (κ3) is 4.65. The summed E-state index contributed by atoms with van der Waals surface area (Å²) in [6, 6.07) is 13.4. The van der Waals surface area contributed by atoms with Crippen LogP contribution in [0.5, 0.6) is 0 Å². The smallest absolute Gasteiger partial charge is 0.275 e. The molecule has 0 aliphatic heterocycles. The van der Waals surface area contributed by atoms with E-state index in [1.807, 2.05) is 73.3 Å². The molecule has 0 aliphatic rings. The maximum Gasteiger partial charge on any atom is 0.275 e. The molecule has 1 aromatic carbocycles. The van der Waals surface area contributed by atoms with E-state index in [0.29, 0.717) is 32.0 Å². The van der Waals surface area contributed by atoms with E-state index < -0.39 is 0 Å². The van der Waals surface area contributed by atoms with Gasteiger partial charge in [0.1, 0.15) is 0 Å². The van der Waals surface area contributed by atoms with Crippen molar-refractivity contribution in [2.75, 3.05) is 19.8 Å². The zero-order valence-electron chi connectivity index (χ0n) is 16.1. The summed E-state index contributed by atoms with van der Waals surface area (Å²) in [6.07, 6.45) is 3.93. The first-order valence-electron chi connectivity index (χ1n) is 9.40. The summed E-state index contributed by atoms with van der Waals surface area (Å²) >= 11 is 0. The largest absolute Gasteiger partial charge is 0.353 e. The van der Waals surface area contributed by atoms with Crippen molar-refractivity contribution in [3.05, 3.63) is 60.6 Å². The zero-order chi connectivity index (χ0) is 19.8. The number of ether oxygens (including phenoxy) is 2. The number of benzene rings is 1. The van der Waals surface area contributed by atoms with Crippen molar-refractivity contribution in [1.29, 1.82) is 0 Å². The highest BCUT2D eigenvalue weighted by Crippen LogP contribution is 2.17. The van der Waals surface area contributed by atoms with Crippen molar-refractivity contribution in [3.8, 4) is 11.5 Å². The summed E-state index contributed by atoms with van der Waals surface area (Å²) in [7, 11) is 0. The van der Waals surface area contributed by atoms with Gasteiger partial charge in [0, 0.05) is 38.6 Å². The molecular weight excluding hydrogens is 358 g/mol. The first kappa shape index (κ1) is 19.8. The minimum Gasteiger partial charge on any atom is -0.353 e. The highest BCUT2D eigenvalue weighted by Gasteiger charge is 2.22. The van der Waals surface area contributed by atoms with Crippen LogP contribution in [0.15, 0.2) is 54.9 Å². The lowest BCUT2D eigenvalue weighted by Gasteiger charge is -2.16. The van der Waals surface area contributed by atoms with Crippen LogP contribution >= 0.6 is 0 Å². The Labute approximate surface area is 164 Å². The van der Waals surface area contributed by atoms with Gasteiger partial charge in [-0.15, -0.1) is 5.10 Å². The van der Waals surface area contributed by atoms with Gasteiger partial charge in [0.25, 0.3) is 5.91 Å². The molecule has 1 amide bonds. The summed E-state index contributed by atoms with van der Waals surface area (Å²) in [5.74, 6) is 0.289. The van der Waals surface area contributed by atoms with E-state index in [4.69, 9.17) is 9.47 Å². The van der Waals surface area contributed by atoms with E-state index in [1.54, 1.807) is 4.68 Å². The monoisotopic (exact) mass is 383 g/mol. The van der Waals surface area contributed by atoms with Crippen LogP contribution in [-0.2, 0) is 9.47 Å². The van der Waals surface area contributed by atoms with E-state index >= 15 is 0 Å². The fourth-order valence-corrected chi connectivity index (χ4v) is 2.85. The topological polar surface area (TPSA) is 83.2 Å². The molecule has 0 unspecified atom stereocenters. The van der Waals surface area contributed by atoms with Crippen molar-refractivity contribution in [2.24, 2.45) is 0 Å². The normalized spacial score (nSPS) is 11.1. The van der Waals surface area contributed by atoms with Gasteiger partial charge in [-0.25, -0.2) is 0 Å². The van der Waals surface area contributed by atoms with E-state index in [1.165, 1.54) is 0 Å². The molecule has 2 aromatic heterocycles. The Morgan fingerprint density at radius 1 is 1.07 bits per heavy atom. The van der Waals surface area contributed by atoms with Gasteiger partial charge in [-0.05, 0) is 38.1 Å². The van der Waals surface area contributed by atoms with Crippen molar-refractivity contribution < 1.29 is 14.3 Å². The molecule has 0 aliphatic carbocycles. The Morgan fingerprint density at radius 2 is 1.75 bits per heavy atom.